The third kappa shape index (κ3) is 4.91. The molecule has 2 amide bonds. The zero-order valence-corrected chi connectivity index (χ0v) is 17.6. The number of ether oxygens (including phenoxy) is 2. The Morgan fingerprint density at radius 2 is 1.87 bits per heavy atom. The molecule has 2 aromatic heterocycles. The Kier molecular flexibility index (Phi) is 5.73. The molecule has 9 nitrogen and oxygen atoms in total. The van der Waals surface area contributed by atoms with Gasteiger partial charge in [-0.25, -0.2) is 9.59 Å². The minimum atomic E-state index is -0.619. The van der Waals surface area contributed by atoms with Crippen molar-refractivity contribution in [1.82, 2.24) is 9.88 Å². The summed E-state index contributed by atoms with van der Waals surface area (Å²) >= 11 is 0. The number of carbonyl (C=O) groups is 3. The van der Waals surface area contributed by atoms with Crippen LogP contribution in [0, 0.1) is 0 Å². The molecule has 1 aliphatic carbocycles. The van der Waals surface area contributed by atoms with Crippen molar-refractivity contribution in [2.75, 3.05) is 12.4 Å². The van der Waals surface area contributed by atoms with Crippen molar-refractivity contribution in [2.45, 2.75) is 39.2 Å². The summed E-state index contributed by atoms with van der Waals surface area (Å²) in [5.74, 6) is -0.0546. The van der Waals surface area contributed by atoms with Crippen LogP contribution in [0.1, 0.15) is 59.6 Å². The standard InChI is InChI=1S/C21H25N3O6/c1-21(2,3)30-20(27)23-14-10-15(24(4)11-14)18(25)22-13-6-7-16-12(8-13)9-17(29-16)19(26)28-5/h8-11H,6-7H2,1-5H3,(H,22,25)(H,23,27). The van der Waals surface area contributed by atoms with E-state index in [1.165, 1.54) is 7.11 Å². The number of nitrogens with zero attached hydrogens (tertiary/aromatic N) is 1. The molecule has 0 aromatic carbocycles. The summed E-state index contributed by atoms with van der Waals surface area (Å²) in [6, 6.07) is 3.17. The Morgan fingerprint density at radius 3 is 2.53 bits per heavy atom. The Labute approximate surface area is 174 Å². The van der Waals surface area contributed by atoms with Gasteiger partial charge in [-0.1, -0.05) is 0 Å². The largest absolute Gasteiger partial charge is 0.463 e. The SMILES string of the molecule is COC(=O)c1cc2c(o1)CCC(NC(=O)c1cc(NC(=O)OC(C)(C)C)cn1C)=C2. The van der Waals surface area contributed by atoms with Crippen LogP contribution in [0.3, 0.4) is 0 Å². The second-order valence-electron chi connectivity index (χ2n) is 7.96. The molecule has 0 fully saturated rings. The van der Waals surface area contributed by atoms with E-state index in [0.717, 1.165) is 5.56 Å². The average Bonchev–Trinajstić information content (AvgIpc) is 3.22. The predicted molar refractivity (Wildman–Crippen MR) is 109 cm³/mol. The summed E-state index contributed by atoms with van der Waals surface area (Å²) in [6.45, 7) is 5.32. The number of carbonyl (C=O) groups excluding carboxylic acids is 3. The van der Waals surface area contributed by atoms with Crippen LogP contribution in [-0.2, 0) is 22.9 Å². The molecular formula is C21H25N3O6. The fraction of sp³-hybridized carbons (Fsp3) is 0.381. The van der Waals surface area contributed by atoms with E-state index in [0.29, 0.717) is 35.7 Å². The maximum Gasteiger partial charge on any atom is 0.412 e. The molecule has 2 heterocycles. The third-order valence-corrected chi connectivity index (χ3v) is 4.34. The van der Waals surface area contributed by atoms with E-state index in [1.807, 2.05) is 0 Å². The number of hydrogen-bond donors (Lipinski definition) is 2. The Bertz CT molecular complexity index is 1020. The fourth-order valence-corrected chi connectivity index (χ4v) is 3.06. The Balaban J connectivity index is 1.69. The summed E-state index contributed by atoms with van der Waals surface area (Å²) in [5, 5.41) is 5.49. The number of nitrogens with one attached hydrogen (secondary N) is 2. The number of hydrogen-bond acceptors (Lipinski definition) is 6. The van der Waals surface area contributed by atoms with Gasteiger partial charge < -0.3 is 23.8 Å². The van der Waals surface area contributed by atoms with Crippen molar-refractivity contribution in [3.8, 4) is 0 Å². The number of aromatic nitrogens is 1. The monoisotopic (exact) mass is 415 g/mol. The zero-order chi connectivity index (χ0) is 22.1. The van der Waals surface area contributed by atoms with Crippen LogP contribution in [0.2, 0.25) is 0 Å². The van der Waals surface area contributed by atoms with Crippen LogP contribution >= 0.6 is 0 Å². The lowest BCUT2D eigenvalue weighted by molar-refractivity contribution is 0.0562. The summed E-state index contributed by atoms with van der Waals surface area (Å²) in [4.78, 5) is 36.3. The second-order valence-corrected chi connectivity index (χ2v) is 7.96. The van der Waals surface area contributed by atoms with Crippen molar-refractivity contribution < 1.29 is 28.3 Å². The van der Waals surface area contributed by atoms with E-state index in [9.17, 15) is 14.4 Å². The molecule has 1 aliphatic rings. The van der Waals surface area contributed by atoms with Crippen LogP contribution in [0.15, 0.2) is 28.4 Å². The van der Waals surface area contributed by atoms with Gasteiger partial charge in [0.05, 0.1) is 12.8 Å². The van der Waals surface area contributed by atoms with E-state index in [1.54, 1.807) is 56.8 Å². The quantitative estimate of drug-likeness (QED) is 0.740. The van der Waals surface area contributed by atoms with Crippen LogP contribution in [0.5, 0.6) is 0 Å². The number of allylic oxidation sites excluding steroid dienone is 1. The number of fused-ring (bicyclic) bond motifs is 1. The van der Waals surface area contributed by atoms with Crippen LogP contribution < -0.4 is 10.6 Å². The molecule has 0 aliphatic heterocycles. The fourth-order valence-electron chi connectivity index (χ4n) is 3.06. The summed E-state index contributed by atoms with van der Waals surface area (Å²) in [6.07, 6.45) is 3.92. The number of anilines is 1. The van der Waals surface area contributed by atoms with E-state index < -0.39 is 17.7 Å². The molecule has 9 heteroatoms. The summed E-state index contributed by atoms with van der Waals surface area (Å²) in [5.41, 5.74) is 1.64. The lowest BCUT2D eigenvalue weighted by Crippen LogP contribution is -2.27. The number of furan rings is 1. The highest BCUT2D eigenvalue weighted by Gasteiger charge is 2.22. The molecule has 0 atom stereocenters. The normalized spacial score (nSPS) is 13.2. The van der Waals surface area contributed by atoms with Crippen molar-refractivity contribution in [3.63, 3.8) is 0 Å². The van der Waals surface area contributed by atoms with Gasteiger partial charge in [0.25, 0.3) is 5.91 Å². The van der Waals surface area contributed by atoms with Crippen molar-refractivity contribution in [3.05, 3.63) is 46.8 Å². The first kappa shape index (κ1) is 21.2. The molecule has 160 valence electrons. The van der Waals surface area contributed by atoms with E-state index >= 15 is 0 Å². The number of methoxy groups -OCH3 is 1. The molecule has 0 spiro atoms. The summed E-state index contributed by atoms with van der Waals surface area (Å²) in [7, 11) is 3.00. The third-order valence-electron chi connectivity index (χ3n) is 4.34. The predicted octanol–water partition coefficient (Wildman–Crippen LogP) is 3.47. The van der Waals surface area contributed by atoms with Gasteiger partial charge in [0.15, 0.2) is 0 Å². The van der Waals surface area contributed by atoms with Crippen LogP contribution in [0.4, 0.5) is 10.5 Å². The molecule has 3 rings (SSSR count). The Morgan fingerprint density at radius 1 is 1.13 bits per heavy atom. The van der Waals surface area contributed by atoms with Gasteiger partial charge in [-0.05, 0) is 45.4 Å². The highest BCUT2D eigenvalue weighted by molar-refractivity contribution is 5.97. The maximum absolute atomic E-state index is 12.7. The van der Waals surface area contributed by atoms with Gasteiger partial charge in [0.2, 0.25) is 5.76 Å². The molecule has 2 N–H and O–H groups in total. The average molecular weight is 415 g/mol. The number of amides is 2. The maximum atomic E-state index is 12.7. The van der Waals surface area contributed by atoms with Gasteiger partial charge in [-0.15, -0.1) is 0 Å². The highest BCUT2D eigenvalue weighted by Crippen LogP contribution is 2.27. The molecule has 0 bridgehead atoms. The van der Waals surface area contributed by atoms with Gasteiger partial charge in [-0.2, -0.15) is 0 Å². The van der Waals surface area contributed by atoms with E-state index in [4.69, 9.17) is 9.15 Å². The zero-order valence-electron chi connectivity index (χ0n) is 17.6. The van der Waals surface area contributed by atoms with Crippen LogP contribution in [0.25, 0.3) is 6.08 Å². The number of esters is 1. The molecule has 2 aromatic rings. The van der Waals surface area contributed by atoms with Gasteiger partial charge in [0.1, 0.15) is 17.1 Å². The molecule has 0 radical (unpaired) electrons. The first-order valence-corrected chi connectivity index (χ1v) is 9.45. The van der Waals surface area contributed by atoms with E-state index in [2.05, 4.69) is 15.4 Å². The van der Waals surface area contributed by atoms with Gasteiger partial charge in [-0.3, -0.25) is 10.1 Å². The molecule has 0 unspecified atom stereocenters. The van der Waals surface area contributed by atoms with Crippen LogP contribution in [-0.4, -0.2) is 35.2 Å². The van der Waals surface area contributed by atoms with E-state index in [-0.39, 0.29) is 11.7 Å². The highest BCUT2D eigenvalue weighted by atomic mass is 16.6. The van der Waals surface area contributed by atoms with Gasteiger partial charge in [0, 0.05) is 30.9 Å². The Hall–Kier alpha value is -3.49. The van der Waals surface area contributed by atoms with Crippen molar-refractivity contribution in [2.24, 2.45) is 7.05 Å². The lowest BCUT2D eigenvalue weighted by atomic mass is 10.0. The molecule has 0 saturated carbocycles. The minimum absolute atomic E-state index is 0.131. The summed E-state index contributed by atoms with van der Waals surface area (Å²) < 4.78 is 17.0. The van der Waals surface area contributed by atoms with Gasteiger partial charge >= 0.3 is 12.1 Å². The second kappa shape index (κ2) is 8.10. The minimum Gasteiger partial charge on any atom is -0.463 e. The first-order valence-electron chi connectivity index (χ1n) is 9.45. The van der Waals surface area contributed by atoms with Crippen molar-refractivity contribution in [1.29, 1.82) is 0 Å². The number of aryl methyl sites for hydroxylation is 2. The molecular weight excluding hydrogens is 390 g/mol. The topological polar surface area (TPSA) is 112 Å². The molecule has 30 heavy (non-hydrogen) atoms. The molecule has 0 saturated heterocycles. The van der Waals surface area contributed by atoms with Crippen molar-refractivity contribution >= 4 is 29.7 Å². The lowest BCUT2D eigenvalue weighted by Gasteiger charge is -2.19. The first-order chi connectivity index (χ1) is 14.1. The number of rotatable bonds is 4. The smallest absolute Gasteiger partial charge is 0.412 e.